The van der Waals surface area contributed by atoms with Gasteiger partial charge in [-0.05, 0) is 68.6 Å². The normalized spacial score (nSPS) is 18.1. The van der Waals surface area contributed by atoms with Crippen molar-refractivity contribution in [3.05, 3.63) is 59.2 Å². The number of aryl methyl sites for hydroxylation is 1. The number of benzene rings is 2. The summed E-state index contributed by atoms with van der Waals surface area (Å²) in [5, 5.41) is 2.96. The van der Waals surface area contributed by atoms with Crippen molar-refractivity contribution < 1.29 is 4.79 Å². The molecule has 0 saturated carbocycles. The summed E-state index contributed by atoms with van der Waals surface area (Å²) in [5.41, 5.74) is 10.0. The van der Waals surface area contributed by atoms with Gasteiger partial charge in [0.1, 0.15) is 0 Å². The largest absolute Gasteiger partial charge is 0.399 e. The number of nitrogen functional groups attached to an aromatic ring is 1. The van der Waals surface area contributed by atoms with Crippen LogP contribution in [-0.4, -0.2) is 23.4 Å². The average Bonchev–Trinajstić information content (AvgIpc) is 2.60. The van der Waals surface area contributed by atoms with Gasteiger partial charge in [-0.25, -0.2) is 0 Å². The zero-order valence-corrected chi connectivity index (χ0v) is 15.1. The summed E-state index contributed by atoms with van der Waals surface area (Å²) < 4.78 is 0. The van der Waals surface area contributed by atoms with E-state index in [1.165, 1.54) is 31.4 Å². The highest BCUT2D eigenvalue weighted by Gasteiger charge is 2.18. The van der Waals surface area contributed by atoms with Crippen molar-refractivity contribution in [1.29, 1.82) is 0 Å². The number of hydrogen-bond donors (Lipinski definition) is 2. The van der Waals surface area contributed by atoms with Gasteiger partial charge in [-0.3, -0.25) is 9.69 Å². The van der Waals surface area contributed by atoms with Crippen molar-refractivity contribution in [2.24, 2.45) is 0 Å². The Bertz CT molecular complexity index is 739. The lowest BCUT2D eigenvalue weighted by molar-refractivity contribution is 0.102. The molecule has 1 amide bonds. The van der Waals surface area contributed by atoms with Crippen molar-refractivity contribution in [3.8, 4) is 0 Å². The molecule has 4 heteroatoms. The Balaban J connectivity index is 1.64. The number of nitrogens with zero attached hydrogens (tertiary/aromatic N) is 1. The number of rotatable bonds is 4. The number of nitrogens with two attached hydrogens (primary N) is 1. The lowest BCUT2D eigenvalue weighted by Gasteiger charge is -2.33. The van der Waals surface area contributed by atoms with Crippen molar-refractivity contribution in [3.63, 3.8) is 0 Å². The minimum atomic E-state index is -0.123. The van der Waals surface area contributed by atoms with Crippen LogP contribution in [0.15, 0.2) is 42.5 Å². The maximum absolute atomic E-state index is 12.5. The van der Waals surface area contributed by atoms with Gasteiger partial charge in [-0.15, -0.1) is 0 Å². The predicted octanol–water partition coefficient (Wildman–Crippen LogP) is 4.20. The van der Waals surface area contributed by atoms with Crippen molar-refractivity contribution in [1.82, 2.24) is 4.90 Å². The molecule has 4 nitrogen and oxygen atoms in total. The number of carbonyl (C=O) groups is 1. The van der Waals surface area contributed by atoms with E-state index in [0.717, 1.165) is 17.8 Å². The summed E-state index contributed by atoms with van der Waals surface area (Å²) in [6.07, 6.45) is 3.91. The molecule has 2 aromatic carbocycles. The van der Waals surface area contributed by atoms with Crippen molar-refractivity contribution >= 4 is 17.3 Å². The molecule has 1 aliphatic rings. The molecular weight excluding hydrogens is 310 g/mol. The van der Waals surface area contributed by atoms with Crippen LogP contribution in [0.1, 0.15) is 47.7 Å². The molecule has 1 unspecified atom stereocenters. The van der Waals surface area contributed by atoms with Gasteiger partial charge < -0.3 is 11.1 Å². The molecule has 25 heavy (non-hydrogen) atoms. The molecule has 0 aromatic heterocycles. The van der Waals surface area contributed by atoms with Crippen LogP contribution in [0.25, 0.3) is 0 Å². The first-order chi connectivity index (χ1) is 12.0. The fourth-order valence-electron chi connectivity index (χ4n) is 3.40. The predicted molar refractivity (Wildman–Crippen MR) is 104 cm³/mol. The van der Waals surface area contributed by atoms with E-state index in [-0.39, 0.29) is 5.91 Å². The highest BCUT2D eigenvalue weighted by Crippen LogP contribution is 2.20. The highest BCUT2D eigenvalue weighted by molar-refractivity contribution is 6.05. The zero-order valence-electron chi connectivity index (χ0n) is 15.1. The molecule has 1 aliphatic heterocycles. The summed E-state index contributed by atoms with van der Waals surface area (Å²) in [6.45, 7) is 6.37. The van der Waals surface area contributed by atoms with Crippen LogP contribution in [0.2, 0.25) is 0 Å². The van der Waals surface area contributed by atoms with E-state index in [9.17, 15) is 4.79 Å². The van der Waals surface area contributed by atoms with Gasteiger partial charge in [0.25, 0.3) is 5.91 Å². The molecule has 1 fully saturated rings. The fraction of sp³-hybridized carbons (Fsp3) is 0.381. The van der Waals surface area contributed by atoms with Crippen LogP contribution in [-0.2, 0) is 6.54 Å². The smallest absolute Gasteiger partial charge is 0.256 e. The van der Waals surface area contributed by atoms with E-state index in [4.69, 9.17) is 5.73 Å². The Kier molecular flexibility index (Phi) is 5.39. The quantitative estimate of drug-likeness (QED) is 0.822. The third-order valence-corrected chi connectivity index (χ3v) is 5.04. The third kappa shape index (κ3) is 4.40. The number of amides is 1. The number of carbonyl (C=O) groups excluding carboxylic acids is 1. The number of anilines is 2. The van der Waals surface area contributed by atoms with Gasteiger partial charge >= 0.3 is 0 Å². The van der Waals surface area contributed by atoms with Gasteiger partial charge in [0.2, 0.25) is 0 Å². The number of hydrogen-bond acceptors (Lipinski definition) is 3. The van der Waals surface area contributed by atoms with Crippen LogP contribution in [0.3, 0.4) is 0 Å². The number of nitrogens with one attached hydrogen (secondary N) is 1. The minimum absolute atomic E-state index is 0.123. The van der Waals surface area contributed by atoms with E-state index in [2.05, 4.69) is 29.3 Å². The summed E-state index contributed by atoms with van der Waals surface area (Å²) in [4.78, 5) is 15.0. The first kappa shape index (κ1) is 17.5. The summed E-state index contributed by atoms with van der Waals surface area (Å²) >= 11 is 0. The summed E-state index contributed by atoms with van der Waals surface area (Å²) in [6, 6.07) is 14.2. The second-order valence-electron chi connectivity index (χ2n) is 7.04. The first-order valence-electron chi connectivity index (χ1n) is 9.03. The fourth-order valence-corrected chi connectivity index (χ4v) is 3.40. The number of likely N-dealkylation sites (tertiary alicyclic amines) is 1. The second-order valence-corrected chi connectivity index (χ2v) is 7.04. The van der Waals surface area contributed by atoms with Gasteiger partial charge in [0.15, 0.2) is 0 Å². The Morgan fingerprint density at radius 3 is 2.68 bits per heavy atom. The molecule has 2 aromatic rings. The number of piperidine rings is 1. The van der Waals surface area contributed by atoms with Gasteiger partial charge in [-0.2, -0.15) is 0 Å². The average molecular weight is 337 g/mol. The van der Waals surface area contributed by atoms with Gasteiger partial charge in [0, 0.05) is 29.5 Å². The lowest BCUT2D eigenvalue weighted by atomic mass is 10.0. The van der Waals surface area contributed by atoms with Crippen molar-refractivity contribution in [2.75, 3.05) is 17.6 Å². The monoisotopic (exact) mass is 337 g/mol. The van der Waals surface area contributed by atoms with Crippen LogP contribution >= 0.6 is 0 Å². The van der Waals surface area contributed by atoms with E-state index in [0.29, 0.717) is 17.3 Å². The topological polar surface area (TPSA) is 58.4 Å². The first-order valence-corrected chi connectivity index (χ1v) is 9.03. The molecule has 0 radical (unpaired) electrons. The lowest BCUT2D eigenvalue weighted by Crippen LogP contribution is -2.36. The molecule has 3 rings (SSSR count). The molecule has 132 valence electrons. The Hall–Kier alpha value is -2.33. The molecule has 1 heterocycles. The van der Waals surface area contributed by atoms with Crippen LogP contribution in [0, 0.1) is 6.92 Å². The van der Waals surface area contributed by atoms with E-state index < -0.39 is 0 Å². The highest BCUT2D eigenvalue weighted by atomic mass is 16.1. The Morgan fingerprint density at radius 1 is 1.20 bits per heavy atom. The molecule has 3 N–H and O–H groups in total. The van der Waals surface area contributed by atoms with E-state index in [1.807, 2.05) is 31.2 Å². The maximum Gasteiger partial charge on any atom is 0.256 e. The third-order valence-electron chi connectivity index (χ3n) is 5.04. The molecule has 1 saturated heterocycles. The Morgan fingerprint density at radius 2 is 1.96 bits per heavy atom. The summed E-state index contributed by atoms with van der Waals surface area (Å²) in [5.74, 6) is -0.123. The van der Waals surface area contributed by atoms with Crippen LogP contribution in [0.4, 0.5) is 11.4 Å². The van der Waals surface area contributed by atoms with E-state index in [1.54, 1.807) is 6.07 Å². The molecule has 0 spiro atoms. The zero-order chi connectivity index (χ0) is 17.8. The van der Waals surface area contributed by atoms with Crippen LogP contribution in [0.5, 0.6) is 0 Å². The van der Waals surface area contributed by atoms with Crippen LogP contribution < -0.4 is 11.1 Å². The van der Waals surface area contributed by atoms with Gasteiger partial charge in [-0.1, -0.05) is 24.6 Å². The van der Waals surface area contributed by atoms with Gasteiger partial charge in [0.05, 0.1) is 0 Å². The molecule has 0 bridgehead atoms. The Labute approximate surface area is 150 Å². The molecular formula is C21H27N3O. The molecule has 0 aliphatic carbocycles. The maximum atomic E-state index is 12.5. The molecule has 1 atom stereocenters. The van der Waals surface area contributed by atoms with Crippen molar-refractivity contribution in [2.45, 2.75) is 45.7 Å². The summed E-state index contributed by atoms with van der Waals surface area (Å²) in [7, 11) is 0. The standard InChI is InChI=1S/C21H27N3O/c1-15-6-9-18(22)13-20(15)21(25)23-19-10-7-17(8-11-19)14-24-12-4-3-5-16(24)2/h6-11,13,16H,3-5,12,14,22H2,1-2H3,(H,23,25). The van der Waals surface area contributed by atoms with E-state index >= 15 is 0 Å². The second kappa shape index (κ2) is 7.70. The SMILES string of the molecule is Cc1ccc(N)cc1C(=O)Nc1ccc(CN2CCCCC2C)cc1. The minimum Gasteiger partial charge on any atom is -0.399 e.